The normalized spacial score (nSPS) is 32.0. The third kappa shape index (κ3) is 3.43. The number of hydrogen-bond acceptors (Lipinski definition) is 8. The number of nitrogens with zero attached hydrogens (tertiary/aromatic N) is 1. The van der Waals surface area contributed by atoms with Gasteiger partial charge < -0.3 is 14.2 Å². The predicted molar refractivity (Wildman–Crippen MR) is 78.1 cm³/mol. The summed E-state index contributed by atoms with van der Waals surface area (Å²) in [7, 11) is -4.16. The first kappa shape index (κ1) is 17.3. The van der Waals surface area contributed by atoms with Gasteiger partial charge >= 0.3 is 16.0 Å². The molecule has 134 valence electrons. The van der Waals surface area contributed by atoms with E-state index in [1.165, 1.54) is 6.20 Å². The molecule has 1 aromatic heterocycles. The van der Waals surface area contributed by atoms with Gasteiger partial charge in [-0.2, -0.15) is 8.42 Å². The SMILES string of the molecule is CC1(C)O[C@@H]2[C@H](O1)[C@@H](COS(N)(=O)=O)O[C@H]2n1ccc(=O)[nH]c1=O. The number of hydrogen-bond donors (Lipinski definition) is 2. The van der Waals surface area contributed by atoms with Crippen molar-refractivity contribution >= 4 is 10.3 Å². The van der Waals surface area contributed by atoms with E-state index in [1.807, 2.05) is 0 Å². The maximum atomic E-state index is 12.0. The Hall–Kier alpha value is -1.57. The van der Waals surface area contributed by atoms with E-state index >= 15 is 0 Å². The summed E-state index contributed by atoms with van der Waals surface area (Å²) in [5.74, 6) is -0.955. The summed E-state index contributed by atoms with van der Waals surface area (Å²) in [5.41, 5.74) is -1.24. The van der Waals surface area contributed by atoms with E-state index in [-0.39, 0.29) is 0 Å². The second-order valence-corrected chi connectivity index (χ2v) is 7.15. The van der Waals surface area contributed by atoms with Gasteiger partial charge in [0.2, 0.25) is 0 Å². The van der Waals surface area contributed by atoms with Crippen LogP contribution in [0, 0.1) is 0 Å². The first-order chi connectivity index (χ1) is 11.1. The molecule has 0 radical (unpaired) electrons. The molecule has 12 heteroatoms. The van der Waals surface area contributed by atoms with Gasteiger partial charge in [-0.25, -0.2) is 9.93 Å². The first-order valence-electron chi connectivity index (χ1n) is 7.05. The fourth-order valence-corrected chi connectivity index (χ4v) is 3.13. The molecule has 2 saturated heterocycles. The van der Waals surface area contributed by atoms with E-state index in [0.29, 0.717) is 0 Å². The molecule has 0 amide bonds. The molecule has 0 bridgehead atoms. The minimum absolute atomic E-state index is 0.395. The van der Waals surface area contributed by atoms with Crippen LogP contribution in [0.25, 0.3) is 0 Å². The Morgan fingerprint density at radius 1 is 1.33 bits per heavy atom. The van der Waals surface area contributed by atoms with Crippen LogP contribution < -0.4 is 16.4 Å². The Balaban J connectivity index is 1.90. The molecule has 0 aromatic carbocycles. The molecule has 3 N–H and O–H groups in total. The molecule has 11 nitrogen and oxygen atoms in total. The van der Waals surface area contributed by atoms with Gasteiger partial charge in [-0.05, 0) is 13.8 Å². The maximum absolute atomic E-state index is 12.0. The number of nitrogens with two attached hydrogens (primary N) is 1. The van der Waals surface area contributed by atoms with Crippen LogP contribution >= 0.6 is 0 Å². The van der Waals surface area contributed by atoms with Crippen molar-refractivity contribution < 1.29 is 26.8 Å². The highest BCUT2D eigenvalue weighted by atomic mass is 32.2. The molecule has 0 unspecified atom stereocenters. The monoisotopic (exact) mass is 363 g/mol. The van der Waals surface area contributed by atoms with Crippen LogP contribution in [0.5, 0.6) is 0 Å². The minimum Gasteiger partial charge on any atom is -0.346 e. The van der Waals surface area contributed by atoms with Crippen molar-refractivity contribution in [1.82, 2.24) is 9.55 Å². The molecule has 3 rings (SSSR count). The van der Waals surface area contributed by atoms with Crippen molar-refractivity contribution in [2.75, 3.05) is 6.61 Å². The zero-order valence-corrected chi connectivity index (χ0v) is 13.7. The van der Waals surface area contributed by atoms with Crippen LogP contribution in [-0.4, -0.2) is 48.7 Å². The predicted octanol–water partition coefficient (Wildman–Crippen LogP) is -1.83. The number of H-pyrrole nitrogens is 1. The van der Waals surface area contributed by atoms with E-state index in [0.717, 1.165) is 10.6 Å². The van der Waals surface area contributed by atoms with Crippen molar-refractivity contribution in [2.45, 2.75) is 44.2 Å². The minimum atomic E-state index is -4.16. The molecule has 0 spiro atoms. The Kier molecular flexibility index (Phi) is 4.14. The molecular formula is C12H17N3O8S. The molecule has 2 aliphatic rings. The third-order valence-electron chi connectivity index (χ3n) is 3.65. The van der Waals surface area contributed by atoms with Gasteiger partial charge in [0, 0.05) is 12.3 Å². The van der Waals surface area contributed by atoms with E-state index < -0.39 is 58.5 Å². The van der Waals surface area contributed by atoms with Gasteiger partial charge in [-0.1, -0.05) is 0 Å². The highest BCUT2D eigenvalue weighted by Gasteiger charge is 2.56. The summed E-state index contributed by atoms with van der Waals surface area (Å²) < 4.78 is 44.8. The maximum Gasteiger partial charge on any atom is 0.333 e. The molecule has 0 aliphatic carbocycles. The zero-order chi connectivity index (χ0) is 17.7. The number of aromatic amines is 1. The Morgan fingerprint density at radius 3 is 2.62 bits per heavy atom. The van der Waals surface area contributed by atoms with E-state index in [4.69, 9.17) is 19.3 Å². The average Bonchev–Trinajstić information content (AvgIpc) is 2.90. The summed E-state index contributed by atoms with van der Waals surface area (Å²) in [4.78, 5) is 25.3. The number of ether oxygens (including phenoxy) is 3. The van der Waals surface area contributed by atoms with Crippen molar-refractivity contribution in [3.63, 3.8) is 0 Å². The lowest BCUT2D eigenvalue weighted by Gasteiger charge is -2.24. The number of fused-ring (bicyclic) bond motifs is 1. The fourth-order valence-electron chi connectivity index (χ4n) is 2.81. The van der Waals surface area contributed by atoms with Crippen molar-refractivity contribution in [1.29, 1.82) is 0 Å². The van der Waals surface area contributed by atoms with Crippen LogP contribution in [0.3, 0.4) is 0 Å². The summed E-state index contributed by atoms with van der Waals surface area (Å²) in [6.07, 6.45) is -1.86. The Labute approximate surface area is 136 Å². The lowest BCUT2D eigenvalue weighted by atomic mass is 10.1. The second kappa shape index (κ2) is 5.75. The smallest absolute Gasteiger partial charge is 0.333 e. The summed E-state index contributed by atoms with van der Waals surface area (Å²) >= 11 is 0. The molecule has 4 atom stereocenters. The number of aromatic nitrogens is 2. The quantitative estimate of drug-likeness (QED) is 0.634. The number of nitrogens with one attached hydrogen (secondary N) is 1. The van der Waals surface area contributed by atoms with Crippen LogP contribution in [0.4, 0.5) is 0 Å². The van der Waals surface area contributed by atoms with E-state index in [9.17, 15) is 18.0 Å². The van der Waals surface area contributed by atoms with Gasteiger partial charge in [0.15, 0.2) is 12.0 Å². The van der Waals surface area contributed by atoms with E-state index in [1.54, 1.807) is 13.8 Å². The summed E-state index contributed by atoms with van der Waals surface area (Å²) in [6, 6.07) is 1.16. The Morgan fingerprint density at radius 2 is 2.00 bits per heavy atom. The Bertz CT molecular complexity index is 844. The van der Waals surface area contributed by atoms with Gasteiger partial charge in [0.25, 0.3) is 5.56 Å². The van der Waals surface area contributed by atoms with Gasteiger partial charge in [-0.3, -0.25) is 18.5 Å². The van der Waals surface area contributed by atoms with Crippen LogP contribution in [0.1, 0.15) is 20.1 Å². The highest BCUT2D eigenvalue weighted by Crippen LogP contribution is 2.42. The van der Waals surface area contributed by atoms with Gasteiger partial charge in [-0.15, -0.1) is 0 Å². The average molecular weight is 363 g/mol. The highest BCUT2D eigenvalue weighted by molar-refractivity contribution is 7.84. The summed E-state index contributed by atoms with van der Waals surface area (Å²) in [6.45, 7) is 2.96. The topological polar surface area (TPSA) is 152 Å². The van der Waals surface area contributed by atoms with Crippen molar-refractivity contribution in [3.8, 4) is 0 Å². The van der Waals surface area contributed by atoms with Crippen LogP contribution in [0.15, 0.2) is 21.9 Å². The third-order valence-corrected chi connectivity index (χ3v) is 4.11. The van der Waals surface area contributed by atoms with Crippen molar-refractivity contribution in [2.24, 2.45) is 5.14 Å². The fraction of sp³-hybridized carbons (Fsp3) is 0.667. The molecule has 2 fully saturated rings. The largest absolute Gasteiger partial charge is 0.346 e. The molecule has 0 saturated carbocycles. The second-order valence-electron chi connectivity index (χ2n) is 5.92. The number of rotatable bonds is 4. The molecule has 1 aromatic rings. The van der Waals surface area contributed by atoms with Gasteiger partial charge in [0.05, 0.1) is 6.61 Å². The first-order valence-corrected chi connectivity index (χ1v) is 8.53. The summed E-state index contributed by atoms with van der Waals surface area (Å²) in [5, 5.41) is 4.82. The van der Waals surface area contributed by atoms with E-state index in [2.05, 4.69) is 9.17 Å². The lowest BCUT2D eigenvalue weighted by Crippen LogP contribution is -2.37. The molecule has 24 heavy (non-hydrogen) atoms. The molecule has 3 heterocycles. The van der Waals surface area contributed by atoms with Gasteiger partial charge in [0.1, 0.15) is 18.3 Å². The molecule has 2 aliphatic heterocycles. The zero-order valence-electron chi connectivity index (χ0n) is 12.9. The van der Waals surface area contributed by atoms with Crippen LogP contribution in [0.2, 0.25) is 0 Å². The van der Waals surface area contributed by atoms with Crippen LogP contribution in [-0.2, 0) is 28.7 Å². The van der Waals surface area contributed by atoms with Crippen molar-refractivity contribution in [3.05, 3.63) is 33.1 Å². The lowest BCUT2D eigenvalue weighted by molar-refractivity contribution is -0.199. The molecular weight excluding hydrogens is 346 g/mol. The standard InChI is InChI=1S/C12H17N3O8S/c1-12(2)22-8-6(5-20-24(13,18)19)21-10(9(8)23-12)15-4-3-7(16)14-11(15)17/h3-4,6,8-10H,5H2,1-2H3,(H2,13,18,19)(H,14,16,17)/t6-,8-,9-,10-/m1/s1.